The molecule has 0 saturated carbocycles. The highest BCUT2D eigenvalue weighted by Crippen LogP contribution is 2.27. The van der Waals surface area contributed by atoms with Crippen LogP contribution in [0.5, 0.6) is 0 Å². The zero-order valence-electron chi connectivity index (χ0n) is 20.3. The normalized spacial score (nSPS) is 16.1. The van der Waals surface area contributed by atoms with Gasteiger partial charge in [-0.1, -0.05) is 30.3 Å². The van der Waals surface area contributed by atoms with E-state index in [0.29, 0.717) is 12.5 Å². The zero-order valence-corrected chi connectivity index (χ0v) is 20.3. The van der Waals surface area contributed by atoms with Gasteiger partial charge in [-0.3, -0.25) is 14.8 Å². The number of fused-ring (bicyclic) bond motifs is 1. The number of nitrogens with zero attached hydrogens (tertiary/aromatic N) is 3. The Labute approximate surface area is 207 Å². The van der Waals surface area contributed by atoms with Crippen molar-refractivity contribution in [3.63, 3.8) is 0 Å². The number of rotatable bonds is 6. The van der Waals surface area contributed by atoms with Crippen LogP contribution in [0.2, 0.25) is 0 Å². The summed E-state index contributed by atoms with van der Waals surface area (Å²) in [6.07, 6.45) is 9.88. The summed E-state index contributed by atoms with van der Waals surface area (Å²) in [6, 6.07) is 20.5. The third kappa shape index (κ3) is 5.51. The second-order valence-corrected chi connectivity index (χ2v) is 9.51. The fourth-order valence-corrected chi connectivity index (χ4v) is 5.05. The van der Waals surface area contributed by atoms with E-state index in [0.717, 1.165) is 61.3 Å². The van der Waals surface area contributed by atoms with E-state index in [1.54, 1.807) is 6.20 Å². The van der Waals surface area contributed by atoms with E-state index in [4.69, 9.17) is 0 Å². The molecule has 0 bridgehead atoms. The number of hydrogen-bond acceptors (Lipinski definition) is 4. The molecule has 5 heteroatoms. The van der Waals surface area contributed by atoms with Crippen molar-refractivity contribution in [2.75, 3.05) is 18.4 Å². The molecule has 5 rings (SSSR count). The predicted octanol–water partition coefficient (Wildman–Crippen LogP) is 6.04. The van der Waals surface area contributed by atoms with Gasteiger partial charge in [0.05, 0.1) is 12.2 Å². The minimum atomic E-state index is 0.126. The number of hydrogen-bond donors (Lipinski definition) is 1. The molecule has 4 aromatic rings. The summed E-state index contributed by atoms with van der Waals surface area (Å²) in [7, 11) is 0. The summed E-state index contributed by atoms with van der Waals surface area (Å²) in [4.78, 5) is 24.2. The molecule has 35 heavy (non-hydrogen) atoms. The molecule has 1 aliphatic heterocycles. The van der Waals surface area contributed by atoms with E-state index in [9.17, 15) is 4.79 Å². The maximum atomic E-state index is 13.4. The number of anilines is 1. The third-order valence-corrected chi connectivity index (χ3v) is 7.09. The Morgan fingerprint density at radius 1 is 1.03 bits per heavy atom. The Hall–Kier alpha value is -3.73. The number of aryl methyl sites for hydroxylation is 1. The number of nitrogens with one attached hydrogen (secondary N) is 1. The van der Waals surface area contributed by atoms with E-state index < -0.39 is 0 Å². The number of benzene rings is 2. The molecule has 5 nitrogen and oxygen atoms in total. The molecule has 1 fully saturated rings. The molecule has 1 saturated heterocycles. The second kappa shape index (κ2) is 10.7. The number of carbonyl (C=O) groups excluding carboxylic acids is 1. The number of amides is 1. The largest absolute Gasteiger partial charge is 0.379 e. The smallest absolute Gasteiger partial charge is 0.253 e. The van der Waals surface area contributed by atoms with Crippen molar-refractivity contribution >= 4 is 22.4 Å². The standard InChI is InChI=1S/C30H32N4O/c1-22-10-11-26(19-29(22)33-20-27-9-2-3-14-32-27)30(35)34-16-5-6-23(13-17-34)18-25-8-4-7-24-12-15-31-21-28(24)25/h2-4,7-12,14-15,19,21,23,33H,5-6,13,16-18,20H2,1H3/t23-/m0/s1. The summed E-state index contributed by atoms with van der Waals surface area (Å²) < 4.78 is 0. The highest BCUT2D eigenvalue weighted by Gasteiger charge is 2.22. The molecule has 1 aliphatic rings. The monoisotopic (exact) mass is 464 g/mol. The van der Waals surface area contributed by atoms with Crippen molar-refractivity contribution < 1.29 is 4.79 Å². The number of pyridine rings is 2. The first-order valence-corrected chi connectivity index (χ1v) is 12.5. The first kappa shape index (κ1) is 23.0. The molecular weight excluding hydrogens is 432 g/mol. The van der Waals surface area contributed by atoms with Crippen LogP contribution >= 0.6 is 0 Å². The molecule has 1 N–H and O–H groups in total. The summed E-state index contributed by atoms with van der Waals surface area (Å²) in [6.45, 7) is 4.32. The lowest BCUT2D eigenvalue weighted by molar-refractivity contribution is 0.0760. The Kier molecular flexibility index (Phi) is 7.03. The summed E-state index contributed by atoms with van der Waals surface area (Å²) in [5.41, 5.74) is 5.20. The van der Waals surface area contributed by atoms with Gasteiger partial charge in [0.1, 0.15) is 0 Å². The van der Waals surface area contributed by atoms with Gasteiger partial charge in [-0.05, 0) is 85.4 Å². The van der Waals surface area contributed by atoms with Gasteiger partial charge in [0, 0.05) is 48.3 Å². The van der Waals surface area contributed by atoms with Crippen molar-refractivity contribution in [3.05, 3.63) is 102 Å². The molecule has 178 valence electrons. The highest BCUT2D eigenvalue weighted by atomic mass is 16.2. The van der Waals surface area contributed by atoms with Gasteiger partial charge in [-0.2, -0.15) is 0 Å². The first-order valence-electron chi connectivity index (χ1n) is 12.5. The Balaban J connectivity index is 1.23. The lowest BCUT2D eigenvalue weighted by Crippen LogP contribution is -2.32. The van der Waals surface area contributed by atoms with Gasteiger partial charge in [-0.25, -0.2) is 0 Å². The van der Waals surface area contributed by atoms with Crippen LogP contribution in [0, 0.1) is 12.8 Å². The van der Waals surface area contributed by atoms with E-state index in [1.165, 1.54) is 16.3 Å². The van der Waals surface area contributed by atoms with Crippen LogP contribution in [0.3, 0.4) is 0 Å². The van der Waals surface area contributed by atoms with Gasteiger partial charge in [-0.15, -0.1) is 0 Å². The quantitative estimate of drug-likeness (QED) is 0.378. The Morgan fingerprint density at radius 2 is 1.97 bits per heavy atom. The van der Waals surface area contributed by atoms with Crippen LogP contribution in [-0.4, -0.2) is 33.9 Å². The Bertz CT molecular complexity index is 1300. The molecule has 3 heterocycles. The second-order valence-electron chi connectivity index (χ2n) is 9.51. The van der Waals surface area contributed by atoms with Crippen LogP contribution in [0.25, 0.3) is 10.8 Å². The average molecular weight is 465 g/mol. The summed E-state index contributed by atoms with van der Waals surface area (Å²) >= 11 is 0. The third-order valence-electron chi connectivity index (χ3n) is 7.09. The maximum absolute atomic E-state index is 13.4. The molecule has 0 aliphatic carbocycles. The molecular formula is C30H32N4O. The molecule has 0 spiro atoms. The SMILES string of the molecule is Cc1ccc(C(=O)N2CCC[C@H](Cc3cccc4ccncc34)CC2)cc1NCc1ccccn1. The summed E-state index contributed by atoms with van der Waals surface area (Å²) in [5, 5.41) is 5.94. The van der Waals surface area contributed by atoms with Gasteiger partial charge in [0.15, 0.2) is 0 Å². The van der Waals surface area contributed by atoms with Crippen LogP contribution in [0.1, 0.15) is 46.4 Å². The Morgan fingerprint density at radius 3 is 2.86 bits per heavy atom. The average Bonchev–Trinajstić information content (AvgIpc) is 3.14. The molecule has 2 aromatic carbocycles. The fourth-order valence-electron chi connectivity index (χ4n) is 5.05. The van der Waals surface area contributed by atoms with E-state index in [-0.39, 0.29) is 5.91 Å². The predicted molar refractivity (Wildman–Crippen MR) is 141 cm³/mol. The molecule has 0 unspecified atom stereocenters. The van der Waals surface area contributed by atoms with Crippen molar-refractivity contribution in [1.29, 1.82) is 0 Å². The molecule has 1 atom stereocenters. The highest BCUT2D eigenvalue weighted by molar-refractivity contribution is 5.95. The number of carbonyl (C=O) groups is 1. The van der Waals surface area contributed by atoms with Gasteiger partial charge >= 0.3 is 0 Å². The van der Waals surface area contributed by atoms with Crippen molar-refractivity contribution in [1.82, 2.24) is 14.9 Å². The lowest BCUT2D eigenvalue weighted by Gasteiger charge is -2.22. The zero-order chi connectivity index (χ0) is 24.0. The topological polar surface area (TPSA) is 58.1 Å². The number of likely N-dealkylation sites (tertiary alicyclic amines) is 1. The minimum absolute atomic E-state index is 0.126. The van der Waals surface area contributed by atoms with Gasteiger partial charge < -0.3 is 10.2 Å². The van der Waals surface area contributed by atoms with Crippen LogP contribution in [0.4, 0.5) is 5.69 Å². The first-order chi connectivity index (χ1) is 17.2. The fraction of sp³-hybridized carbons (Fsp3) is 0.300. The minimum Gasteiger partial charge on any atom is -0.379 e. The lowest BCUT2D eigenvalue weighted by atomic mass is 9.91. The van der Waals surface area contributed by atoms with Gasteiger partial charge in [0.25, 0.3) is 5.91 Å². The molecule has 1 amide bonds. The number of aromatic nitrogens is 2. The molecule has 0 radical (unpaired) electrons. The van der Waals surface area contributed by atoms with E-state index >= 15 is 0 Å². The molecule has 2 aromatic heterocycles. The van der Waals surface area contributed by atoms with Gasteiger partial charge in [0.2, 0.25) is 0 Å². The van der Waals surface area contributed by atoms with Crippen LogP contribution < -0.4 is 5.32 Å². The van der Waals surface area contributed by atoms with Crippen molar-refractivity contribution in [2.45, 2.75) is 39.2 Å². The van der Waals surface area contributed by atoms with E-state index in [1.807, 2.05) is 53.7 Å². The summed E-state index contributed by atoms with van der Waals surface area (Å²) in [5.74, 6) is 0.702. The van der Waals surface area contributed by atoms with Crippen molar-refractivity contribution in [2.24, 2.45) is 5.92 Å². The maximum Gasteiger partial charge on any atom is 0.253 e. The van der Waals surface area contributed by atoms with Crippen molar-refractivity contribution in [3.8, 4) is 0 Å². The van der Waals surface area contributed by atoms with Crippen LogP contribution in [0.15, 0.2) is 79.3 Å². The van der Waals surface area contributed by atoms with E-state index in [2.05, 4.69) is 46.5 Å². The van der Waals surface area contributed by atoms with Crippen LogP contribution in [-0.2, 0) is 13.0 Å².